The number of imidazole rings is 1. The van der Waals surface area contributed by atoms with Crippen LogP contribution < -0.4 is 5.69 Å². The van der Waals surface area contributed by atoms with Crippen molar-refractivity contribution >= 4 is 22.7 Å². The van der Waals surface area contributed by atoms with E-state index in [1.807, 2.05) is 61.5 Å². The molecule has 4 rings (SSSR count). The molecule has 1 amide bonds. The normalized spacial score (nSPS) is 14.0. The second-order valence-corrected chi connectivity index (χ2v) is 6.69. The molecule has 6 nitrogen and oxygen atoms in total. The van der Waals surface area contributed by atoms with Crippen LogP contribution in [0.3, 0.4) is 0 Å². The number of para-hydroxylation sites is 2. The van der Waals surface area contributed by atoms with Crippen molar-refractivity contribution in [3.63, 3.8) is 0 Å². The molecule has 0 unspecified atom stereocenters. The van der Waals surface area contributed by atoms with Crippen LogP contribution in [0.4, 0.5) is 0 Å². The molecule has 0 spiro atoms. The molecule has 0 atom stereocenters. The molecule has 1 aromatic heterocycles. The number of benzene rings is 2. The molecule has 138 valence electrons. The first-order valence-electron chi connectivity index (χ1n) is 9.30. The predicted molar refractivity (Wildman–Crippen MR) is 106 cm³/mol. The van der Waals surface area contributed by atoms with Gasteiger partial charge in [0.25, 0.3) is 5.91 Å². The lowest BCUT2D eigenvalue weighted by molar-refractivity contribution is -0.131. The molecular formula is C21H22N4O2. The summed E-state index contributed by atoms with van der Waals surface area (Å²) in [7, 11) is 0. The summed E-state index contributed by atoms with van der Waals surface area (Å²) in [5, 5.41) is 5.97. The fourth-order valence-corrected chi connectivity index (χ4v) is 3.55. The van der Waals surface area contributed by atoms with E-state index in [-0.39, 0.29) is 18.1 Å². The van der Waals surface area contributed by atoms with Gasteiger partial charge in [-0.25, -0.2) is 9.80 Å². The number of fused-ring (bicyclic) bond motifs is 1. The van der Waals surface area contributed by atoms with E-state index in [1.165, 1.54) is 5.01 Å². The highest BCUT2D eigenvalue weighted by Crippen LogP contribution is 2.16. The zero-order valence-electron chi connectivity index (χ0n) is 15.3. The van der Waals surface area contributed by atoms with Crippen molar-refractivity contribution < 1.29 is 4.79 Å². The number of hydrogen-bond acceptors (Lipinski definition) is 3. The number of aryl methyl sites for hydroxylation is 1. The fourth-order valence-electron chi connectivity index (χ4n) is 3.55. The number of carbonyl (C=O) groups is 1. The van der Waals surface area contributed by atoms with E-state index in [2.05, 4.69) is 5.10 Å². The van der Waals surface area contributed by atoms with E-state index in [1.54, 1.807) is 9.13 Å². The molecule has 3 aromatic rings. The van der Waals surface area contributed by atoms with Gasteiger partial charge >= 0.3 is 5.69 Å². The average Bonchev–Trinajstić information content (AvgIpc) is 3.29. The first-order valence-corrected chi connectivity index (χ1v) is 9.30. The Morgan fingerprint density at radius 3 is 2.37 bits per heavy atom. The lowest BCUT2D eigenvalue weighted by atomic mass is 10.1. The maximum atomic E-state index is 12.8. The summed E-state index contributed by atoms with van der Waals surface area (Å²) in [5.41, 5.74) is 3.45. The molecular weight excluding hydrogens is 340 g/mol. The molecule has 0 radical (unpaired) electrons. The second-order valence-electron chi connectivity index (χ2n) is 6.69. The molecule has 1 aliphatic rings. The van der Waals surface area contributed by atoms with E-state index in [9.17, 15) is 9.59 Å². The number of amides is 1. The van der Waals surface area contributed by atoms with Gasteiger partial charge in [0.15, 0.2) is 0 Å². The van der Waals surface area contributed by atoms with Crippen LogP contribution in [-0.4, -0.2) is 32.3 Å². The summed E-state index contributed by atoms with van der Waals surface area (Å²) >= 11 is 0. The first-order chi connectivity index (χ1) is 13.2. The third-order valence-electron chi connectivity index (χ3n) is 4.86. The summed E-state index contributed by atoms with van der Waals surface area (Å²) in [4.78, 5) is 25.6. The smallest absolute Gasteiger partial charge is 0.292 e. The Bertz CT molecular complexity index is 1060. The van der Waals surface area contributed by atoms with Crippen LogP contribution in [0, 0.1) is 0 Å². The SMILES string of the molecule is CCCn1c(=O)n(CC(=O)N2CCC(c3ccccc3)=N2)c2ccccc21. The van der Waals surface area contributed by atoms with Gasteiger partial charge < -0.3 is 0 Å². The molecule has 1 aliphatic heterocycles. The first kappa shape index (κ1) is 17.3. The van der Waals surface area contributed by atoms with Crippen LogP contribution in [0.2, 0.25) is 0 Å². The van der Waals surface area contributed by atoms with Gasteiger partial charge in [0.05, 0.1) is 23.3 Å². The van der Waals surface area contributed by atoms with Crippen molar-refractivity contribution in [2.24, 2.45) is 5.10 Å². The maximum absolute atomic E-state index is 12.8. The standard InChI is InChI=1S/C21H22N4O2/c1-2-13-23-18-10-6-7-11-19(18)24(21(23)27)15-20(26)25-14-12-17(22-25)16-8-4-3-5-9-16/h3-11H,2,12-15H2,1H3. The van der Waals surface area contributed by atoms with Crippen LogP contribution in [0.1, 0.15) is 25.3 Å². The van der Waals surface area contributed by atoms with Crippen LogP contribution in [-0.2, 0) is 17.9 Å². The lowest BCUT2D eigenvalue weighted by Crippen LogP contribution is -2.33. The molecule has 2 aromatic carbocycles. The zero-order valence-corrected chi connectivity index (χ0v) is 15.3. The van der Waals surface area contributed by atoms with Crippen LogP contribution in [0.15, 0.2) is 64.5 Å². The number of aromatic nitrogens is 2. The lowest BCUT2D eigenvalue weighted by Gasteiger charge is -2.11. The van der Waals surface area contributed by atoms with Crippen LogP contribution in [0.5, 0.6) is 0 Å². The van der Waals surface area contributed by atoms with Crippen molar-refractivity contribution in [3.05, 3.63) is 70.6 Å². The molecule has 0 aliphatic carbocycles. The number of rotatable bonds is 5. The predicted octanol–water partition coefficient (Wildman–Crippen LogP) is 2.85. The minimum absolute atomic E-state index is 0.00162. The van der Waals surface area contributed by atoms with Crippen molar-refractivity contribution in [2.75, 3.05) is 6.54 Å². The van der Waals surface area contributed by atoms with E-state index >= 15 is 0 Å². The molecule has 0 N–H and O–H groups in total. The van der Waals surface area contributed by atoms with Gasteiger partial charge in [-0.3, -0.25) is 13.9 Å². The Hall–Kier alpha value is -3.15. The molecule has 27 heavy (non-hydrogen) atoms. The Balaban J connectivity index is 1.62. The quantitative estimate of drug-likeness (QED) is 0.701. The van der Waals surface area contributed by atoms with E-state index in [4.69, 9.17) is 0 Å². The molecule has 0 saturated heterocycles. The van der Waals surface area contributed by atoms with Gasteiger partial charge in [-0.2, -0.15) is 5.10 Å². The zero-order chi connectivity index (χ0) is 18.8. The Labute approximate surface area is 157 Å². The van der Waals surface area contributed by atoms with E-state index in [0.717, 1.165) is 35.2 Å². The Morgan fingerprint density at radius 1 is 1.00 bits per heavy atom. The largest absolute Gasteiger partial charge is 0.329 e. The molecule has 2 heterocycles. The summed E-state index contributed by atoms with van der Waals surface area (Å²) in [6, 6.07) is 17.5. The maximum Gasteiger partial charge on any atom is 0.329 e. The monoisotopic (exact) mass is 362 g/mol. The highest BCUT2D eigenvalue weighted by molar-refractivity contribution is 6.02. The van der Waals surface area contributed by atoms with Crippen molar-refractivity contribution in [1.29, 1.82) is 0 Å². The summed E-state index contributed by atoms with van der Waals surface area (Å²) in [6.07, 6.45) is 1.58. The summed E-state index contributed by atoms with van der Waals surface area (Å²) < 4.78 is 3.30. The molecule has 6 heteroatoms. The van der Waals surface area contributed by atoms with Crippen molar-refractivity contribution in [1.82, 2.24) is 14.1 Å². The number of hydrazone groups is 1. The van der Waals surface area contributed by atoms with E-state index < -0.39 is 0 Å². The van der Waals surface area contributed by atoms with Gasteiger partial charge in [0.2, 0.25) is 0 Å². The summed E-state index contributed by atoms with van der Waals surface area (Å²) in [5.74, 6) is -0.164. The Kier molecular flexibility index (Phi) is 4.62. The van der Waals surface area contributed by atoms with Gasteiger partial charge in [-0.15, -0.1) is 0 Å². The number of hydrogen-bond donors (Lipinski definition) is 0. The molecule has 0 bridgehead atoms. The van der Waals surface area contributed by atoms with Gasteiger partial charge in [-0.1, -0.05) is 49.4 Å². The number of carbonyl (C=O) groups excluding carboxylic acids is 1. The molecule has 0 fully saturated rings. The van der Waals surface area contributed by atoms with E-state index in [0.29, 0.717) is 13.1 Å². The highest BCUT2D eigenvalue weighted by Gasteiger charge is 2.23. The van der Waals surface area contributed by atoms with Crippen molar-refractivity contribution in [2.45, 2.75) is 32.9 Å². The van der Waals surface area contributed by atoms with Gasteiger partial charge in [0.1, 0.15) is 6.54 Å². The third-order valence-corrected chi connectivity index (χ3v) is 4.86. The van der Waals surface area contributed by atoms with Crippen LogP contribution in [0.25, 0.3) is 11.0 Å². The third kappa shape index (κ3) is 3.18. The average molecular weight is 362 g/mol. The minimum atomic E-state index is -0.164. The number of nitrogens with zero attached hydrogens (tertiary/aromatic N) is 4. The second kappa shape index (κ2) is 7.23. The van der Waals surface area contributed by atoms with Gasteiger partial charge in [-0.05, 0) is 24.1 Å². The highest BCUT2D eigenvalue weighted by atomic mass is 16.2. The molecule has 0 saturated carbocycles. The summed E-state index contributed by atoms with van der Waals surface area (Å²) in [6.45, 7) is 3.22. The van der Waals surface area contributed by atoms with Crippen LogP contribution >= 0.6 is 0 Å². The fraction of sp³-hybridized carbons (Fsp3) is 0.286. The van der Waals surface area contributed by atoms with Gasteiger partial charge in [0, 0.05) is 13.0 Å². The van der Waals surface area contributed by atoms with Crippen molar-refractivity contribution in [3.8, 4) is 0 Å². The topological polar surface area (TPSA) is 59.6 Å². The Morgan fingerprint density at radius 2 is 1.67 bits per heavy atom. The minimum Gasteiger partial charge on any atom is -0.292 e.